The van der Waals surface area contributed by atoms with Gasteiger partial charge in [0, 0.05) is 30.9 Å². The minimum Gasteiger partial charge on any atom is -0.489 e. The second-order valence-corrected chi connectivity index (χ2v) is 7.32. The van der Waals surface area contributed by atoms with Crippen LogP contribution >= 0.6 is 11.6 Å². The quantitative estimate of drug-likeness (QED) is 0.429. The van der Waals surface area contributed by atoms with E-state index in [1.54, 1.807) is 17.0 Å². The number of pyridine rings is 2. The highest BCUT2D eigenvalue weighted by Gasteiger charge is 2.14. The molecule has 3 N–H and O–H groups in total. The molecule has 0 bridgehead atoms. The fourth-order valence-electron chi connectivity index (χ4n) is 3.39. The van der Waals surface area contributed by atoms with Crippen LogP contribution in [0.5, 0.6) is 5.75 Å². The van der Waals surface area contributed by atoms with E-state index in [9.17, 15) is 0 Å². The van der Waals surface area contributed by atoms with Crippen molar-refractivity contribution in [3.63, 3.8) is 0 Å². The van der Waals surface area contributed by atoms with Gasteiger partial charge in [-0.2, -0.15) is 0 Å². The van der Waals surface area contributed by atoms with E-state index in [1.807, 2.05) is 49.5 Å². The standard InChI is InChI=1S/C22H18ClN7O/c1-25-18-5-3-14-2-4-15(9-17(14)29-18)31-11-13-6-7-26-19(8-13)30-10-16(23)20-21(24)27-12-28-22(20)30/h2-10,12H,11H2,1H3,(H,25,29)(H2,24,27,28). The van der Waals surface area contributed by atoms with Crippen molar-refractivity contribution >= 4 is 45.2 Å². The summed E-state index contributed by atoms with van der Waals surface area (Å²) in [5, 5.41) is 5.18. The summed E-state index contributed by atoms with van der Waals surface area (Å²) in [6, 6.07) is 13.6. The highest BCUT2D eigenvalue weighted by Crippen LogP contribution is 2.30. The first-order valence-corrected chi connectivity index (χ1v) is 9.94. The number of nitrogen functional groups attached to an aromatic ring is 1. The first-order valence-electron chi connectivity index (χ1n) is 9.56. The molecule has 4 aromatic heterocycles. The van der Waals surface area contributed by atoms with Gasteiger partial charge in [-0.3, -0.25) is 4.57 Å². The summed E-state index contributed by atoms with van der Waals surface area (Å²) < 4.78 is 7.80. The molecule has 0 spiro atoms. The third-order valence-electron chi connectivity index (χ3n) is 4.95. The van der Waals surface area contributed by atoms with Gasteiger partial charge in [-0.1, -0.05) is 11.6 Å². The summed E-state index contributed by atoms with van der Waals surface area (Å²) in [5.74, 6) is 2.54. The number of hydrogen-bond acceptors (Lipinski definition) is 7. The molecule has 0 aliphatic heterocycles. The van der Waals surface area contributed by atoms with Gasteiger partial charge in [0.25, 0.3) is 0 Å². The van der Waals surface area contributed by atoms with E-state index in [-0.39, 0.29) is 0 Å². The smallest absolute Gasteiger partial charge is 0.152 e. The van der Waals surface area contributed by atoms with Crippen LogP contribution in [0.2, 0.25) is 5.02 Å². The molecule has 0 saturated carbocycles. The lowest BCUT2D eigenvalue weighted by molar-refractivity contribution is 0.306. The number of hydrogen-bond donors (Lipinski definition) is 2. The van der Waals surface area contributed by atoms with Crippen molar-refractivity contribution in [2.24, 2.45) is 0 Å². The van der Waals surface area contributed by atoms with E-state index in [0.717, 1.165) is 28.0 Å². The molecule has 5 rings (SSSR count). The van der Waals surface area contributed by atoms with E-state index in [1.165, 1.54) is 6.33 Å². The number of nitrogens with zero attached hydrogens (tertiary/aromatic N) is 5. The van der Waals surface area contributed by atoms with Crippen LogP contribution in [-0.2, 0) is 6.61 Å². The second kappa shape index (κ2) is 7.73. The molecule has 9 heteroatoms. The summed E-state index contributed by atoms with van der Waals surface area (Å²) >= 11 is 6.34. The highest BCUT2D eigenvalue weighted by atomic mass is 35.5. The van der Waals surface area contributed by atoms with Crippen molar-refractivity contribution < 1.29 is 4.74 Å². The fraction of sp³-hybridized carbons (Fsp3) is 0.0909. The monoisotopic (exact) mass is 431 g/mol. The maximum atomic E-state index is 6.34. The number of rotatable bonds is 5. The predicted octanol–water partition coefficient (Wildman–Crippen LogP) is 4.22. The highest BCUT2D eigenvalue weighted by molar-refractivity contribution is 6.36. The number of fused-ring (bicyclic) bond motifs is 2. The number of anilines is 2. The number of nitrogens with two attached hydrogens (primary N) is 1. The predicted molar refractivity (Wildman–Crippen MR) is 122 cm³/mol. The van der Waals surface area contributed by atoms with Crippen molar-refractivity contribution in [2.45, 2.75) is 6.61 Å². The zero-order valence-electron chi connectivity index (χ0n) is 16.6. The first-order chi connectivity index (χ1) is 15.1. The minimum absolute atomic E-state index is 0.333. The second-order valence-electron chi connectivity index (χ2n) is 6.92. The van der Waals surface area contributed by atoms with Crippen LogP contribution in [0.25, 0.3) is 27.8 Å². The summed E-state index contributed by atoms with van der Waals surface area (Å²) in [7, 11) is 1.84. The number of halogens is 1. The third kappa shape index (κ3) is 3.57. The number of aromatic nitrogens is 5. The molecule has 5 aromatic rings. The Morgan fingerprint density at radius 1 is 1.10 bits per heavy atom. The zero-order chi connectivity index (χ0) is 21.4. The molecule has 0 atom stereocenters. The van der Waals surface area contributed by atoms with Gasteiger partial charge in [-0.25, -0.2) is 19.9 Å². The SMILES string of the molecule is CNc1ccc2ccc(OCc3ccnc(-n4cc(Cl)c5c(N)ncnc54)c3)cc2n1. The Kier molecular flexibility index (Phi) is 4.76. The maximum absolute atomic E-state index is 6.34. The molecule has 0 fully saturated rings. The summed E-state index contributed by atoms with van der Waals surface area (Å²) in [4.78, 5) is 17.3. The van der Waals surface area contributed by atoms with Crippen molar-refractivity contribution in [2.75, 3.05) is 18.1 Å². The summed E-state index contributed by atoms with van der Waals surface area (Å²) in [5.41, 5.74) is 8.36. The topological polar surface area (TPSA) is 104 Å². The fourth-order valence-corrected chi connectivity index (χ4v) is 3.67. The zero-order valence-corrected chi connectivity index (χ0v) is 17.3. The van der Waals surface area contributed by atoms with Gasteiger partial charge >= 0.3 is 0 Å². The van der Waals surface area contributed by atoms with Gasteiger partial charge in [0.2, 0.25) is 0 Å². The van der Waals surface area contributed by atoms with Crippen molar-refractivity contribution in [1.29, 1.82) is 0 Å². The molecule has 0 saturated heterocycles. The summed E-state index contributed by atoms with van der Waals surface area (Å²) in [6.07, 6.45) is 4.86. The Bertz CT molecular complexity index is 1420. The van der Waals surface area contributed by atoms with Crippen molar-refractivity contribution in [1.82, 2.24) is 24.5 Å². The number of nitrogens with one attached hydrogen (secondary N) is 1. The molecule has 0 amide bonds. The molecule has 4 heterocycles. The first kappa shape index (κ1) is 19.1. The average Bonchev–Trinajstić information content (AvgIpc) is 3.15. The van der Waals surface area contributed by atoms with E-state index >= 15 is 0 Å². The van der Waals surface area contributed by atoms with E-state index in [4.69, 9.17) is 22.1 Å². The van der Waals surface area contributed by atoms with Crippen molar-refractivity contribution in [3.8, 4) is 11.6 Å². The maximum Gasteiger partial charge on any atom is 0.152 e. The molecule has 0 radical (unpaired) electrons. The lowest BCUT2D eigenvalue weighted by Gasteiger charge is -2.10. The van der Waals surface area contributed by atoms with Crippen LogP contribution in [0.3, 0.4) is 0 Å². The van der Waals surface area contributed by atoms with E-state index < -0.39 is 0 Å². The molecule has 154 valence electrons. The Morgan fingerprint density at radius 3 is 2.84 bits per heavy atom. The largest absolute Gasteiger partial charge is 0.489 e. The van der Waals surface area contributed by atoms with Crippen LogP contribution < -0.4 is 15.8 Å². The average molecular weight is 432 g/mol. The Balaban J connectivity index is 1.42. The van der Waals surface area contributed by atoms with Gasteiger partial charge in [0.15, 0.2) is 5.65 Å². The lowest BCUT2D eigenvalue weighted by atomic mass is 10.2. The van der Waals surface area contributed by atoms with Gasteiger partial charge in [0.05, 0.1) is 15.9 Å². The summed E-state index contributed by atoms with van der Waals surface area (Å²) in [6.45, 7) is 0.372. The molecule has 31 heavy (non-hydrogen) atoms. The normalized spacial score (nSPS) is 11.2. The van der Waals surface area contributed by atoms with Crippen LogP contribution in [0, 0.1) is 0 Å². The van der Waals surface area contributed by atoms with E-state index in [2.05, 4.69) is 25.3 Å². The number of benzene rings is 1. The van der Waals surface area contributed by atoms with Gasteiger partial charge < -0.3 is 15.8 Å². The molecular weight excluding hydrogens is 414 g/mol. The lowest BCUT2D eigenvalue weighted by Crippen LogP contribution is -2.02. The Morgan fingerprint density at radius 2 is 1.97 bits per heavy atom. The van der Waals surface area contributed by atoms with Crippen molar-refractivity contribution in [3.05, 3.63) is 71.8 Å². The van der Waals surface area contributed by atoms with E-state index in [0.29, 0.717) is 34.3 Å². The molecule has 8 nitrogen and oxygen atoms in total. The van der Waals surface area contributed by atoms with Gasteiger partial charge in [-0.15, -0.1) is 0 Å². The molecule has 0 aliphatic carbocycles. The molecule has 1 aromatic carbocycles. The Hall–Kier alpha value is -3.91. The van der Waals surface area contributed by atoms with Gasteiger partial charge in [-0.05, 0) is 42.0 Å². The van der Waals surface area contributed by atoms with Crippen LogP contribution in [0.1, 0.15) is 5.56 Å². The molecule has 0 aliphatic rings. The van der Waals surface area contributed by atoms with Gasteiger partial charge in [0.1, 0.15) is 36.1 Å². The molecule has 0 unspecified atom stereocenters. The minimum atomic E-state index is 0.333. The molecular formula is C22H18ClN7O. The van der Waals surface area contributed by atoms with Crippen LogP contribution in [0.4, 0.5) is 11.6 Å². The number of ether oxygens (including phenoxy) is 1. The third-order valence-corrected chi connectivity index (χ3v) is 5.23. The Labute approximate surface area is 182 Å². The van der Waals surface area contributed by atoms with Crippen LogP contribution in [-0.4, -0.2) is 31.6 Å². The van der Waals surface area contributed by atoms with Crippen LogP contribution in [0.15, 0.2) is 61.2 Å².